The van der Waals surface area contributed by atoms with Crippen LogP contribution in [0.4, 0.5) is 5.82 Å². The van der Waals surface area contributed by atoms with E-state index in [1.807, 2.05) is 0 Å². The molecular formula is C18H23N3O4S2. The number of rotatable bonds is 4. The summed E-state index contributed by atoms with van der Waals surface area (Å²) in [5.74, 6) is 0.504. The molecule has 4 rings (SSSR count). The molecule has 1 unspecified atom stereocenters. The highest BCUT2D eigenvalue weighted by Gasteiger charge is 2.30. The number of hydrogen-bond donors (Lipinski definition) is 1. The number of aryl methyl sites for hydroxylation is 2. The maximum absolute atomic E-state index is 12.0. The summed E-state index contributed by atoms with van der Waals surface area (Å²) >= 11 is 1.66. The summed E-state index contributed by atoms with van der Waals surface area (Å²) in [6.07, 6.45) is 6.30. The van der Waals surface area contributed by atoms with Crippen LogP contribution in [-0.2, 0) is 38.8 Å². The van der Waals surface area contributed by atoms with E-state index in [4.69, 9.17) is 10.5 Å². The first-order chi connectivity index (χ1) is 12.9. The number of aromatic nitrogens is 2. The van der Waals surface area contributed by atoms with Crippen molar-refractivity contribution in [2.75, 3.05) is 17.2 Å². The molecule has 0 radical (unpaired) electrons. The molecule has 1 saturated heterocycles. The van der Waals surface area contributed by atoms with Gasteiger partial charge in [-0.1, -0.05) is 6.42 Å². The second-order valence-electron chi connectivity index (χ2n) is 7.40. The van der Waals surface area contributed by atoms with E-state index in [1.54, 1.807) is 11.3 Å². The molecule has 2 N–H and O–H groups in total. The lowest BCUT2D eigenvalue weighted by Crippen LogP contribution is -2.14. The topological polar surface area (TPSA) is 112 Å². The predicted octanol–water partition coefficient (Wildman–Crippen LogP) is 2.41. The Morgan fingerprint density at radius 2 is 2.04 bits per heavy atom. The van der Waals surface area contributed by atoms with Crippen LogP contribution in [0, 0.1) is 5.92 Å². The van der Waals surface area contributed by atoms with E-state index in [-0.39, 0.29) is 30.5 Å². The van der Waals surface area contributed by atoms with Crippen molar-refractivity contribution in [1.82, 2.24) is 9.97 Å². The Morgan fingerprint density at radius 3 is 2.81 bits per heavy atom. The lowest BCUT2D eigenvalue weighted by molar-refractivity contribution is -0.146. The Labute approximate surface area is 162 Å². The highest BCUT2D eigenvalue weighted by molar-refractivity contribution is 7.91. The average molecular weight is 410 g/mol. The molecule has 1 atom stereocenters. The molecule has 0 aromatic carbocycles. The maximum Gasteiger partial charge on any atom is 0.306 e. The first kappa shape index (κ1) is 18.6. The lowest BCUT2D eigenvalue weighted by atomic mass is 10.1. The third-order valence-electron chi connectivity index (χ3n) is 5.28. The summed E-state index contributed by atoms with van der Waals surface area (Å²) < 4.78 is 28.2. The number of ether oxygens (including phenoxy) is 1. The number of fused-ring (bicyclic) bond motifs is 3. The molecule has 7 nitrogen and oxygen atoms in total. The van der Waals surface area contributed by atoms with Gasteiger partial charge < -0.3 is 10.5 Å². The number of nitrogen functional groups attached to an aromatic ring is 1. The predicted molar refractivity (Wildman–Crippen MR) is 104 cm³/mol. The molecule has 2 aromatic heterocycles. The summed E-state index contributed by atoms with van der Waals surface area (Å²) in [5, 5.41) is 0.961. The molecule has 146 valence electrons. The van der Waals surface area contributed by atoms with Crippen LogP contribution in [0.3, 0.4) is 0 Å². The smallest absolute Gasteiger partial charge is 0.306 e. The number of anilines is 1. The van der Waals surface area contributed by atoms with E-state index in [2.05, 4.69) is 9.97 Å². The van der Waals surface area contributed by atoms with Gasteiger partial charge in [0.25, 0.3) is 0 Å². The van der Waals surface area contributed by atoms with Crippen molar-refractivity contribution in [2.45, 2.75) is 51.6 Å². The average Bonchev–Trinajstić information content (AvgIpc) is 3.03. The Morgan fingerprint density at radius 1 is 1.22 bits per heavy atom. The molecule has 1 aliphatic carbocycles. The van der Waals surface area contributed by atoms with Crippen LogP contribution in [0.15, 0.2) is 0 Å². The van der Waals surface area contributed by atoms with Gasteiger partial charge in [-0.05, 0) is 43.6 Å². The van der Waals surface area contributed by atoms with Crippen LogP contribution in [0.2, 0.25) is 0 Å². The van der Waals surface area contributed by atoms with Crippen molar-refractivity contribution >= 4 is 43.2 Å². The van der Waals surface area contributed by atoms with Crippen molar-refractivity contribution in [1.29, 1.82) is 0 Å². The van der Waals surface area contributed by atoms with Crippen molar-refractivity contribution in [3.05, 3.63) is 16.3 Å². The van der Waals surface area contributed by atoms with E-state index < -0.39 is 15.8 Å². The monoisotopic (exact) mass is 409 g/mol. The van der Waals surface area contributed by atoms with Gasteiger partial charge in [0.05, 0.1) is 16.9 Å². The number of nitrogens with two attached hydrogens (primary N) is 1. The summed E-state index contributed by atoms with van der Waals surface area (Å²) in [4.78, 5) is 23.1. The summed E-state index contributed by atoms with van der Waals surface area (Å²) in [6.45, 7) is -0.0407. The SMILES string of the molecule is Nc1nc(COC(=O)CC2CCS(=O)(=O)C2)nc2sc3c(c12)CCCCC3. The van der Waals surface area contributed by atoms with Gasteiger partial charge in [0.1, 0.15) is 10.6 Å². The third kappa shape index (κ3) is 4.08. The number of nitrogens with zero attached hydrogens (tertiary/aromatic N) is 2. The molecule has 3 heterocycles. The van der Waals surface area contributed by atoms with Crippen LogP contribution < -0.4 is 5.73 Å². The second kappa shape index (κ2) is 7.35. The van der Waals surface area contributed by atoms with Gasteiger partial charge in [0, 0.05) is 11.3 Å². The Hall–Kier alpha value is -1.74. The standard InChI is InChI=1S/C18H23N3O4S2/c19-17-16-12-4-2-1-3-5-13(12)26-18(16)21-14(20-17)9-25-15(22)8-11-6-7-27(23,24)10-11/h11H,1-10H2,(H2,19,20,21). The van der Waals surface area contributed by atoms with Crippen LogP contribution in [0.5, 0.6) is 0 Å². The highest BCUT2D eigenvalue weighted by atomic mass is 32.2. The van der Waals surface area contributed by atoms with Crippen LogP contribution in [0.25, 0.3) is 10.2 Å². The molecule has 0 amide bonds. The fraction of sp³-hybridized carbons (Fsp3) is 0.611. The van der Waals surface area contributed by atoms with E-state index >= 15 is 0 Å². The normalized spacial score (nSPS) is 21.7. The van der Waals surface area contributed by atoms with Gasteiger partial charge >= 0.3 is 5.97 Å². The van der Waals surface area contributed by atoms with Crippen molar-refractivity contribution in [3.8, 4) is 0 Å². The minimum Gasteiger partial charge on any atom is -0.457 e. The zero-order chi connectivity index (χ0) is 19.0. The van der Waals surface area contributed by atoms with Gasteiger partial charge in [0.15, 0.2) is 22.3 Å². The van der Waals surface area contributed by atoms with E-state index in [0.29, 0.717) is 18.1 Å². The molecule has 0 saturated carbocycles. The zero-order valence-corrected chi connectivity index (χ0v) is 16.7. The lowest BCUT2D eigenvalue weighted by Gasteiger charge is -2.08. The first-order valence-corrected chi connectivity index (χ1v) is 12.0. The van der Waals surface area contributed by atoms with Crippen molar-refractivity contribution in [2.24, 2.45) is 5.92 Å². The third-order valence-corrected chi connectivity index (χ3v) is 8.31. The Balaban J connectivity index is 1.44. The Kier molecular flexibility index (Phi) is 5.07. The molecule has 0 spiro atoms. The van der Waals surface area contributed by atoms with Crippen LogP contribution in [-0.4, -0.2) is 35.9 Å². The van der Waals surface area contributed by atoms with Gasteiger partial charge in [0.2, 0.25) is 0 Å². The summed E-state index contributed by atoms with van der Waals surface area (Å²) in [5.41, 5.74) is 7.48. The van der Waals surface area contributed by atoms with Crippen molar-refractivity contribution < 1.29 is 17.9 Å². The van der Waals surface area contributed by atoms with E-state index in [1.165, 1.54) is 23.3 Å². The fourth-order valence-electron chi connectivity index (χ4n) is 3.95. The fourth-order valence-corrected chi connectivity index (χ4v) is 7.10. The van der Waals surface area contributed by atoms with Crippen molar-refractivity contribution in [3.63, 3.8) is 0 Å². The quantitative estimate of drug-likeness (QED) is 0.609. The molecular weight excluding hydrogens is 386 g/mol. The van der Waals surface area contributed by atoms with E-state index in [9.17, 15) is 13.2 Å². The van der Waals surface area contributed by atoms with Gasteiger partial charge in [-0.3, -0.25) is 4.79 Å². The highest BCUT2D eigenvalue weighted by Crippen LogP contribution is 2.37. The number of carbonyl (C=O) groups excluding carboxylic acids is 1. The number of thiophene rings is 1. The van der Waals surface area contributed by atoms with Gasteiger partial charge in [-0.15, -0.1) is 11.3 Å². The largest absolute Gasteiger partial charge is 0.457 e. The number of esters is 1. The number of sulfone groups is 1. The summed E-state index contributed by atoms with van der Waals surface area (Å²) in [6, 6.07) is 0. The molecule has 1 aliphatic heterocycles. The second-order valence-corrected chi connectivity index (χ2v) is 10.7. The Bertz CT molecular complexity index is 984. The molecule has 0 bridgehead atoms. The van der Waals surface area contributed by atoms with Gasteiger partial charge in [-0.25, -0.2) is 18.4 Å². The molecule has 2 aliphatic rings. The molecule has 9 heteroatoms. The maximum atomic E-state index is 12.0. The number of hydrogen-bond acceptors (Lipinski definition) is 8. The minimum absolute atomic E-state index is 0.0407. The summed E-state index contributed by atoms with van der Waals surface area (Å²) in [7, 11) is -2.99. The molecule has 27 heavy (non-hydrogen) atoms. The van der Waals surface area contributed by atoms with Crippen LogP contribution in [0.1, 0.15) is 48.4 Å². The first-order valence-electron chi connectivity index (χ1n) is 9.34. The van der Waals surface area contributed by atoms with E-state index in [0.717, 1.165) is 29.5 Å². The van der Waals surface area contributed by atoms with Gasteiger partial charge in [-0.2, -0.15) is 0 Å². The number of carbonyl (C=O) groups is 1. The molecule has 1 fully saturated rings. The van der Waals surface area contributed by atoms with Crippen LogP contribution >= 0.6 is 11.3 Å². The minimum atomic E-state index is -2.99. The zero-order valence-electron chi connectivity index (χ0n) is 15.1. The molecule has 2 aromatic rings.